The Morgan fingerprint density at radius 1 is 1.26 bits per heavy atom. The highest BCUT2D eigenvalue weighted by molar-refractivity contribution is 8.00. The first kappa shape index (κ1) is 22.1. The minimum absolute atomic E-state index is 0. The van der Waals surface area contributed by atoms with E-state index in [2.05, 4.69) is 0 Å². The fourth-order valence-corrected chi connectivity index (χ4v) is 2.34. The molecule has 0 saturated carbocycles. The van der Waals surface area contributed by atoms with Crippen molar-refractivity contribution in [3.05, 3.63) is 29.8 Å². The molecular formula is C15H22ClF3N2OS. The number of hydrogen-bond donors (Lipinski definition) is 1. The maximum absolute atomic E-state index is 12.2. The second-order valence-electron chi connectivity index (χ2n) is 5.50. The molecule has 1 aromatic rings. The van der Waals surface area contributed by atoms with Crippen LogP contribution in [0.3, 0.4) is 0 Å². The van der Waals surface area contributed by atoms with E-state index >= 15 is 0 Å². The molecule has 132 valence electrons. The first-order valence-corrected chi connectivity index (χ1v) is 7.78. The van der Waals surface area contributed by atoms with Gasteiger partial charge in [0.15, 0.2) is 0 Å². The highest BCUT2D eigenvalue weighted by atomic mass is 35.5. The molecule has 0 aliphatic rings. The van der Waals surface area contributed by atoms with E-state index in [-0.39, 0.29) is 41.0 Å². The molecule has 23 heavy (non-hydrogen) atoms. The molecule has 1 atom stereocenters. The lowest BCUT2D eigenvalue weighted by molar-refractivity contribution is -0.0328. The first-order valence-electron chi connectivity index (χ1n) is 6.97. The smallest absolute Gasteiger partial charge is 0.342 e. The molecule has 1 unspecified atom stereocenters. The number of carbonyl (C=O) groups is 1. The predicted octanol–water partition coefficient (Wildman–Crippen LogP) is 4.17. The quantitative estimate of drug-likeness (QED) is 0.764. The van der Waals surface area contributed by atoms with Gasteiger partial charge in [-0.1, -0.05) is 13.8 Å². The Morgan fingerprint density at radius 2 is 1.78 bits per heavy atom. The summed E-state index contributed by atoms with van der Waals surface area (Å²) >= 11 is -0.195. The average Bonchev–Trinajstić information content (AvgIpc) is 2.42. The summed E-state index contributed by atoms with van der Waals surface area (Å²) in [4.78, 5) is 13.8. The fraction of sp³-hybridized carbons (Fsp3) is 0.533. The van der Waals surface area contributed by atoms with Crippen molar-refractivity contribution in [1.29, 1.82) is 0 Å². The van der Waals surface area contributed by atoms with Gasteiger partial charge in [0, 0.05) is 30.1 Å². The summed E-state index contributed by atoms with van der Waals surface area (Å²) in [5.41, 5.74) is 1.98. The van der Waals surface area contributed by atoms with E-state index in [0.717, 1.165) is 0 Å². The lowest BCUT2D eigenvalue weighted by Crippen LogP contribution is -2.34. The number of halogens is 4. The Kier molecular flexibility index (Phi) is 9.02. The van der Waals surface area contributed by atoms with Crippen molar-refractivity contribution in [1.82, 2.24) is 4.90 Å². The van der Waals surface area contributed by atoms with E-state index in [1.807, 2.05) is 13.8 Å². The number of alkyl halides is 3. The monoisotopic (exact) mass is 370 g/mol. The van der Waals surface area contributed by atoms with Gasteiger partial charge >= 0.3 is 5.51 Å². The van der Waals surface area contributed by atoms with Crippen molar-refractivity contribution in [2.75, 3.05) is 13.6 Å². The van der Waals surface area contributed by atoms with Gasteiger partial charge in [0.2, 0.25) is 0 Å². The molecule has 0 aliphatic heterocycles. The van der Waals surface area contributed by atoms with Gasteiger partial charge < -0.3 is 10.6 Å². The Morgan fingerprint density at radius 3 is 2.22 bits per heavy atom. The van der Waals surface area contributed by atoms with E-state index in [0.29, 0.717) is 24.4 Å². The highest BCUT2D eigenvalue weighted by Crippen LogP contribution is 2.36. The van der Waals surface area contributed by atoms with Gasteiger partial charge in [-0.2, -0.15) is 13.2 Å². The zero-order chi connectivity index (χ0) is 16.9. The Hall–Kier alpha value is -0.920. The zero-order valence-corrected chi connectivity index (χ0v) is 14.9. The van der Waals surface area contributed by atoms with Crippen LogP contribution in [0, 0.1) is 5.92 Å². The second kappa shape index (κ2) is 9.39. The summed E-state index contributed by atoms with van der Waals surface area (Å²) < 4.78 is 36.7. The summed E-state index contributed by atoms with van der Waals surface area (Å²) in [6, 6.07) is 5.45. The van der Waals surface area contributed by atoms with E-state index < -0.39 is 5.51 Å². The summed E-state index contributed by atoms with van der Waals surface area (Å²) in [5.74, 6) is 0.113. The molecule has 1 aromatic carbocycles. The highest BCUT2D eigenvalue weighted by Gasteiger charge is 2.29. The largest absolute Gasteiger partial charge is 0.446 e. The van der Waals surface area contributed by atoms with Crippen LogP contribution in [0.1, 0.15) is 30.6 Å². The van der Waals surface area contributed by atoms with Crippen molar-refractivity contribution in [2.24, 2.45) is 11.7 Å². The summed E-state index contributed by atoms with van der Waals surface area (Å²) in [7, 11) is 1.66. The fourth-order valence-electron chi connectivity index (χ4n) is 1.80. The number of thioether (sulfide) groups is 1. The summed E-state index contributed by atoms with van der Waals surface area (Å²) in [5, 5.41) is 0. The molecule has 0 spiro atoms. The van der Waals surface area contributed by atoms with E-state index in [1.54, 1.807) is 7.05 Å². The van der Waals surface area contributed by atoms with Crippen LogP contribution in [0.4, 0.5) is 13.2 Å². The molecule has 8 heteroatoms. The molecule has 1 rings (SSSR count). The number of rotatable bonds is 6. The van der Waals surface area contributed by atoms with Gasteiger partial charge in [0.25, 0.3) is 5.91 Å². The molecule has 0 saturated heterocycles. The van der Waals surface area contributed by atoms with E-state index in [4.69, 9.17) is 5.73 Å². The maximum atomic E-state index is 12.2. The topological polar surface area (TPSA) is 46.3 Å². The van der Waals surface area contributed by atoms with Crippen LogP contribution >= 0.6 is 24.2 Å². The first-order chi connectivity index (χ1) is 10.1. The molecule has 0 heterocycles. The summed E-state index contributed by atoms with van der Waals surface area (Å²) in [6.07, 6.45) is 0.682. The zero-order valence-electron chi connectivity index (χ0n) is 13.3. The van der Waals surface area contributed by atoms with Gasteiger partial charge in [-0.3, -0.25) is 4.79 Å². The normalized spacial score (nSPS) is 12.7. The SMILES string of the molecule is CC(C)C(N)CCN(C)C(=O)c1ccc(SC(F)(F)F)cc1.Cl. The van der Waals surface area contributed by atoms with Crippen LogP contribution in [0.5, 0.6) is 0 Å². The third-order valence-corrected chi connectivity index (χ3v) is 4.08. The maximum Gasteiger partial charge on any atom is 0.446 e. The molecule has 0 radical (unpaired) electrons. The molecule has 0 aliphatic carbocycles. The second-order valence-corrected chi connectivity index (χ2v) is 6.63. The van der Waals surface area contributed by atoms with Crippen LogP contribution in [-0.4, -0.2) is 35.9 Å². The number of nitrogens with two attached hydrogens (primary N) is 1. The third kappa shape index (κ3) is 7.94. The van der Waals surface area contributed by atoms with Gasteiger partial charge in [0.05, 0.1) is 0 Å². The van der Waals surface area contributed by atoms with Gasteiger partial charge in [-0.05, 0) is 48.4 Å². The molecule has 0 fully saturated rings. The number of hydrogen-bond acceptors (Lipinski definition) is 3. The Labute approximate surface area is 145 Å². The van der Waals surface area contributed by atoms with Crippen LogP contribution in [-0.2, 0) is 0 Å². The van der Waals surface area contributed by atoms with Crippen molar-refractivity contribution in [2.45, 2.75) is 36.7 Å². The van der Waals surface area contributed by atoms with E-state index in [9.17, 15) is 18.0 Å². The molecule has 2 N–H and O–H groups in total. The Balaban J connectivity index is 0.00000484. The van der Waals surface area contributed by atoms with Gasteiger partial charge in [0.1, 0.15) is 0 Å². The van der Waals surface area contributed by atoms with Crippen molar-refractivity contribution < 1.29 is 18.0 Å². The molecule has 3 nitrogen and oxygen atoms in total. The number of benzene rings is 1. The minimum Gasteiger partial charge on any atom is -0.342 e. The van der Waals surface area contributed by atoms with Gasteiger partial charge in [-0.25, -0.2) is 0 Å². The van der Waals surface area contributed by atoms with Crippen LogP contribution in [0.2, 0.25) is 0 Å². The van der Waals surface area contributed by atoms with Crippen molar-refractivity contribution in [3.63, 3.8) is 0 Å². The molecule has 1 amide bonds. The van der Waals surface area contributed by atoms with Crippen molar-refractivity contribution >= 4 is 30.1 Å². The minimum atomic E-state index is -4.32. The molecular weight excluding hydrogens is 349 g/mol. The lowest BCUT2D eigenvalue weighted by Gasteiger charge is -2.21. The van der Waals surface area contributed by atoms with Crippen LogP contribution in [0.25, 0.3) is 0 Å². The van der Waals surface area contributed by atoms with Crippen LogP contribution < -0.4 is 5.73 Å². The number of amides is 1. The van der Waals surface area contributed by atoms with Crippen LogP contribution in [0.15, 0.2) is 29.2 Å². The van der Waals surface area contributed by atoms with Gasteiger partial charge in [-0.15, -0.1) is 12.4 Å². The standard InChI is InChI=1S/C15H21F3N2OS.ClH/c1-10(2)13(19)8-9-20(3)14(21)11-4-6-12(7-5-11)22-15(16,17)18;/h4-7,10,13H,8-9,19H2,1-3H3;1H. The summed E-state index contributed by atoms with van der Waals surface area (Å²) in [6.45, 7) is 4.55. The Bertz CT molecular complexity index is 494. The average molecular weight is 371 g/mol. The molecule has 0 aromatic heterocycles. The third-order valence-electron chi connectivity index (χ3n) is 3.34. The molecule has 0 bridgehead atoms. The number of carbonyl (C=O) groups excluding carboxylic acids is 1. The lowest BCUT2D eigenvalue weighted by atomic mass is 10.0. The number of nitrogens with zero attached hydrogens (tertiary/aromatic N) is 1. The van der Waals surface area contributed by atoms with Crippen molar-refractivity contribution in [3.8, 4) is 0 Å². The van der Waals surface area contributed by atoms with E-state index in [1.165, 1.54) is 29.2 Å². The predicted molar refractivity (Wildman–Crippen MR) is 90.0 cm³/mol.